The molecule has 1 heterocycles. The SMILES string of the molecule is COC(=O)c1ccc(C(=O)OC)c(NC(=O)[C@H](CC(C)C)N2C(=O)c3ccccc3C2=O)c1. The number of methoxy groups -OCH3 is 2. The summed E-state index contributed by atoms with van der Waals surface area (Å²) in [4.78, 5) is 64.4. The molecule has 0 bridgehead atoms. The van der Waals surface area contributed by atoms with E-state index >= 15 is 0 Å². The molecule has 0 aromatic heterocycles. The molecule has 1 aliphatic rings. The summed E-state index contributed by atoms with van der Waals surface area (Å²) in [6.45, 7) is 3.71. The Hall–Kier alpha value is -4.01. The number of anilines is 1. The third-order valence-corrected chi connectivity index (χ3v) is 5.24. The van der Waals surface area contributed by atoms with E-state index in [1.807, 2.05) is 13.8 Å². The van der Waals surface area contributed by atoms with Crippen molar-refractivity contribution < 1.29 is 33.4 Å². The first-order valence-electron chi connectivity index (χ1n) is 10.3. The van der Waals surface area contributed by atoms with Crippen molar-refractivity contribution in [2.75, 3.05) is 19.5 Å². The van der Waals surface area contributed by atoms with Crippen LogP contribution in [0.4, 0.5) is 5.69 Å². The summed E-state index contributed by atoms with van der Waals surface area (Å²) in [5.41, 5.74) is 0.560. The Morgan fingerprint density at radius 3 is 2.00 bits per heavy atom. The van der Waals surface area contributed by atoms with Crippen LogP contribution in [0.15, 0.2) is 42.5 Å². The van der Waals surface area contributed by atoms with Crippen molar-refractivity contribution >= 4 is 35.3 Å². The second kappa shape index (κ2) is 9.64. The third kappa shape index (κ3) is 4.62. The van der Waals surface area contributed by atoms with Gasteiger partial charge in [0.05, 0.1) is 42.2 Å². The summed E-state index contributed by atoms with van der Waals surface area (Å²) in [5, 5.41) is 2.60. The van der Waals surface area contributed by atoms with Gasteiger partial charge >= 0.3 is 11.9 Å². The zero-order chi connectivity index (χ0) is 24.3. The molecule has 9 heteroatoms. The number of ether oxygens (including phenoxy) is 2. The zero-order valence-corrected chi connectivity index (χ0v) is 18.7. The van der Waals surface area contributed by atoms with E-state index in [9.17, 15) is 24.0 Å². The normalized spacial score (nSPS) is 13.5. The van der Waals surface area contributed by atoms with E-state index in [2.05, 4.69) is 5.32 Å². The van der Waals surface area contributed by atoms with Gasteiger partial charge in [0.2, 0.25) is 5.91 Å². The first kappa shape index (κ1) is 23.6. The number of hydrogen-bond donors (Lipinski definition) is 1. The average Bonchev–Trinajstić information content (AvgIpc) is 3.06. The van der Waals surface area contributed by atoms with E-state index in [0.29, 0.717) is 0 Å². The molecule has 0 saturated carbocycles. The molecule has 33 heavy (non-hydrogen) atoms. The minimum absolute atomic E-state index is 0.000107. The molecule has 172 valence electrons. The smallest absolute Gasteiger partial charge is 0.339 e. The summed E-state index contributed by atoms with van der Waals surface area (Å²) >= 11 is 0. The Bertz CT molecular complexity index is 1100. The van der Waals surface area contributed by atoms with Gasteiger partial charge in [0, 0.05) is 0 Å². The van der Waals surface area contributed by atoms with Crippen LogP contribution in [-0.4, -0.2) is 54.8 Å². The molecule has 1 atom stereocenters. The van der Waals surface area contributed by atoms with E-state index in [4.69, 9.17) is 9.47 Å². The maximum atomic E-state index is 13.4. The standard InChI is InChI=1S/C24H24N2O7/c1-13(2)11-19(26-21(28)15-7-5-6-8-16(15)22(26)29)20(27)25-18-12-14(23(30)32-3)9-10-17(18)24(31)33-4/h5-10,12-13,19H,11H2,1-4H3,(H,25,27)/t19-/m0/s1. The molecule has 0 aliphatic carbocycles. The van der Waals surface area contributed by atoms with Crippen molar-refractivity contribution in [3.05, 3.63) is 64.7 Å². The van der Waals surface area contributed by atoms with E-state index in [0.717, 1.165) is 4.90 Å². The molecular weight excluding hydrogens is 428 g/mol. The predicted octanol–water partition coefficient (Wildman–Crippen LogP) is 2.91. The molecule has 9 nitrogen and oxygen atoms in total. The highest BCUT2D eigenvalue weighted by atomic mass is 16.5. The average molecular weight is 452 g/mol. The molecular formula is C24H24N2O7. The minimum atomic E-state index is -1.13. The van der Waals surface area contributed by atoms with Gasteiger partial charge in [-0.3, -0.25) is 19.3 Å². The number of benzene rings is 2. The minimum Gasteiger partial charge on any atom is -0.465 e. The van der Waals surface area contributed by atoms with E-state index in [1.54, 1.807) is 12.1 Å². The van der Waals surface area contributed by atoms with Gasteiger partial charge in [-0.15, -0.1) is 0 Å². The molecule has 3 rings (SSSR count). The van der Waals surface area contributed by atoms with Crippen molar-refractivity contribution in [3.63, 3.8) is 0 Å². The van der Waals surface area contributed by atoms with Crippen molar-refractivity contribution in [2.24, 2.45) is 5.92 Å². The van der Waals surface area contributed by atoms with Gasteiger partial charge in [0.1, 0.15) is 6.04 Å². The maximum Gasteiger partial charge on any atom is 0.339 e. The van der Waals surface area contributed by atoms with Crippen molar-refractivity contribution in [1.29, 1.82) is 0 Å². The lowest BCUT2D eigenvalue weighted by Gasteiger charge is -2.27. The highest BCUT2D eigenvalue weighted by Crippen LogP contribution is 2.28. The number of amides is 3. The lowest BCUT2D eigenvalue weighted by Crippen LogP contribution is -2.48. The fourth-order valence-electron chi connectivity index (χ4n) is 3.66. The zero-order valence-electron chi connectivity index (χ0n) is 18.7. The molecule has 1 aliphatic heterocycles. The Balaban J connectivity index is 1.99. The quantitative estimate of drug-likeness (QED) is 0.507. The van der Waals surface area contributed by atoms with Crippen LogP contribution in [0.1, 0.15) is 61.7 Å². The molecule has 3 amide bonds. The van der Waals surface area contributed by atoms with Gasteiger partial charge in [-0.25, -0.2) is 9.59 Å². The van der Waals surface area contributed by atoms with Crippen molar-refractivity contribution in [3.8, 4) is 0 Å². The number of carbonyl (C=O) groups excluding carboxylic acids is 5. The summed E-state index contributed by atoms with van der Waals surface area (Å²) in [5.74, 6) is -3.23. The number of rotatable bonds is 7. The number of carbonyl (C=O) groups is 5. The number of esters is 2. The summed E-state index contributed by atoms with van der Waals surface area (Å²) in [6, 6.07) is 9.20. The third-order valence-electron chi connectivity index (χ3n) is 5.24. The van der Waals surface area contributed by atoms with Crippen LogP contribution < -0.4 is 5.32 Å². The molecule has 0 saturated heterocycles. The van der Waals surface area contributed by atoms with Gasteiger partial charge in [-0.2, -0.15) is 0 Å². The lowest BCUT2D eigenvalue weighted by atomic mass is 10.0. The second-order valence-electron chi connectivity index (χ2n) is 7.90. The Morgan fingerprint density at radius 1 is 0.909 bits per heavy atom. The number of nitrogens with one attached hydrogen (secondary N) is 1. The van der Waals surface area contributed by atoms with Crippen LogP contribution in [-0.2, 0) is 14.3 Å². The van der Waals surface area contributed by atoms with Crippen LogP contribution in [0.5, 0.6) is 0 Å². The van der Waals surface area contributed by atoms with Crippen LogP contribution in [0, 0.1) is 5.92 Å². The highest BCUT2D eigenvalue weighted by molar-refractivity contribution is 6.23. The molecule has 2 aromatic rings. The van der Waals surface area contributed by atoms with Crippen molar-refractivity contribution in [1.82, 2.24) is 4.90 Å². The van der Waals surface area contributed by atoms with Gasteiger partial charge < -0.3 is 14.8 Å². The Labute approximate surface area is 190 Å². The lowest BCUT2D eigenvalue weighted by molar-refractivity contribution is -0.120. The number of hydrogen-bond acceptors (Lipinski definition) is 7. The number of fused-ring (bicyclic) bond motifs is 1. The van der Waals surface area contributed by atoms with Crippen LogP contribution in [0.25, 0.3) is 0 Å². The van der Waals surface area contributed by atoms with Gasteiger partial charge in [0.25, 0.3) is 11.8 Å². The van der Waals surface area contributed by atoms with E-state index < -0.39 is 35.7 Å². The monoisotopic (exact) mass is 452 g/mol. The molecule has 0 spiro atoms. The van der Waals surface area contributed by atoms with Crippen LogP contribution in [0.2, 0.25) is 0 Å². The molecule has 0 radical (unpaired) electrons. The highest BCUT2D eigenvalue weighted by Gasteiger charge is 2.43. The topological polar surface area (TPSA) is 119 Å². The molecule has 2 aromatic carbocycles. The Morgan fingerprint density at radius 2 is 1.48 bits per heavy atom. The predicted molar refractivity (Wildman–Crippen MR) is 118 cm³/mol. The second-order valence-corrected chi connectivity index (χ2v) is 7.90. The number of nitrogens with zero attached hydrogens (tertiary/aromatic N) is 1. The van der Waals surface area contributed by atoms with E-state index in [-0.39, 0.29) is 40.3 Å². The number of imide groups is 1. The molecule has 1 N–H and O–H groups in total. The molecule has 0 fully saturated rings. The maximum absolute atomic E-state index is 13.4. The molecule has 0 unspecified atom stereocenters. The van der Waals surface area contributed by atoms with Gasteiger partial charge in [-0.05, 0) is 42.7 Å². The van der Waals surface area contributed by atoms with Gasteiger partial charge in [0.15, 0.2) is 0 Å². The summed E-state index contributed by atoms with van der Waals surface area (Å²) < 4.78 is 9.46. The summed E-state index contributed by atoms with van der Waals surface area (Å²) in [6.07, 6.45) is 0.196. The fourth-order valence-corrected chi connectivity index (χ4v) is 3.66. The van der Waals surface area contributed by atoms with Gasteiger partial charge in [-0.1, -0.05) is 26.0 Å². The van der Waals surface area contributed by atoms with Crippen LogP contribution in [0.3, 0.4) is 0 Å². The van der Waals surface area contributed by atoms with E-state index in [1.165, 1.54) is 44.6 Å². The first-order valence-corrected chi connectivity index (χ1v) is 10.3. The Kier molecular flexibility index (Phi) is 6.91. The van der Waals surface area contributed by atoms with Crippen LogP contribution >= 0.6 is 0 Å². The first-order chi connectivity index (χ1) is 15.7. The summed E-state index contributed by atoms with van der Waals surface area (Å²) in [7, 11) is 2.39. The fraction of sp³-hybridized carbons (Fsp3) is 0.292. The largest absolute Gasteiger partial charge is 0.465 e. The van der Waals surface area contributed by atoms with Crippen molar-refractivity contribution in [2.45, 2.75) is 26.3 Å².